The fourth-order valence-corrected chi connectivity index (χ4v) is 7.33. The van der Waals surface area contributed by atoms with E-state index in [1.165, 1.54) is 0 Å². The van der Waals surface area contributed by atoms with Crippen molar-refractivity contribution in [1.29, 1.82) is 0 Å². The number of Topliss-reactive ketones (excluding diaryl/α,β-unsaturated/α-hetero) is 3. The Morgan fingerprint density at radius 3 is 2.17 bits per heavy atom. The Kier molecular flexibility index (Phi) is 5.48. The van der Waals surface area contributed by atoms with Gasteiger partial charge in [-0.25, -0.2) is 0 Å². The second-order valence-electron chi connectivity index (χ2n) is 12.7. The number of allylic oxidation sites excluding steroid dienone is 2. The molecule has 0 aromatic heterocycles. The molecule has 1 unspecified atom stereocenters. The molecule has 7 nitrogen and oxygen atoms in total. The van der Waals surface area contributed by atoms with Gasteiger partial charge in [-0.05, 0) is 36.7 Å². The number of aliphatic hydroxyl groups excluding tert-OH is 2. The summed E-state index contributed by atoms with van der Waals surface area (Å²) in [5, 5.41) is 45.9. The molecule has 0 amide bonds. The van der Waals surface area contributed by atoms with Crippen LogP contribution < -0.4 is 0 Å². The number of hydrogen-bond donors (Lipinski definition) is 4. The zero-order valence-corrected chi connectivity index (χ0v) is 22.2. The Hall–Kier alpha value is -2.93. The fraction of sp³-hybridized carbons (Fsp3) is 0.552. The lowest BCUT2D eigenvalue weighted by Crippen LogP contribution is -2.67. The van der Waals surface area contributed by atoms with Crippen LogP contribution in [0.3, 0.4) is 0 Å². The number of carbonyl (C=O) groups is 3. The van der Waals surface area contributed by atoms with Crippen LogP contribution in [0.25, 0.3) is 0 Å². The van der Waals surface area contributed by atoms with Gasteiger partial charge in [-0.3, -0.25) is 14.4 Å². The van der Waals surface area contributed by atoms with E-state index in [2.05, 4.69) is 0 Å². The number of ketones is 3. The molecular formula is C29H36O7. The number of rotatable bonds is 2. The third-order valence-corrected chi connectivity index (χ3v) is 8.69. The van der Waals surface area contributed by atoms with Crippen LogP contribution in [0, 0.1) is 22.7 Å². The van der Waals surface area contributed by atoms with Crippen molar-refractivity contribution >= 4 is 17.3 Å². The first-order valence-electron chi connectivity index (χ1n) is 12.4. The number of benzene rings is 1. The second-order valence-corrected chi connectivity index (χ2v) is 12.7. The molecule has 3 aliphatic rings. The minimum Gasteiger partial charge on any atom is -0.511 e. The molecule has 194 valence electrons. The van der Waals surface area contributed by atoms with E-state index < -0.39 is 56.4 Å². The molecule has 7 heteroatoms. The Morgan fingerprint density at radius 1 is 1.08 bits per heavy atom. The Balaban J connectivity index is 2.06. The molecule has 4 atom stereocenters. The lowest BCUT2D eigenvalue weighted by molar-refractivity contribution is -0.171. The van der Waals surface area contributed by atoms with E-state index in [0.29, 0.717) is 11.1 Å². The zero-order chi connectivity index (χ0) is 27.3. The van der Waals surface area contributed by atoms with Crippen LogP contribution in [-0.2, 0) is 21.4 Å². The lowest BCUT2D eigenvalue weighted by Gasteiger charge is -2.59. The van der Waals surface area contributed by atoms with E-state index in [-0.39, 0.29) is 41.4 Å². The summed E-state index contributed by atoms with van der Waals surface area (Å²) in [7, 11) is 0. The average Bonchev–Trinajstić information content (AvgIpc) is 2.69. The summed E-state index contributed by atoms with van der Waals surface area (Å²) in [5.41, 5.74) is -4.88. The molecule has 4 N–H and O–H groups in total. The van der Waals surface area contributed by atoms with Crippen molar-refractivity contribution in [3.8, 4) is 5.75 Å². The monoisotopic (exact) mass is 496 g/mol. The summed E-state index contributed by atoms with van der Waals surface area (Å²) >= 11 is 0. The molecule has 3 aliphatic carbocycles. The molecular weight excluding hydrogens is 460 g/mol. The van der Waals surface area contributed by atoms with Gasteiger partial charge in [0.2, 0.25) is 5.78 Å². The van der Waals surface area contributed by atoms with Gasteiger partial charge in [0.1, 0.15) is 22.8 Å². The smallest absolute Gasteiger partial charge is 0.209 e. The van der Waals surface area contributed by atoms with E-state index in [0.717, 1.165) is 6.92 Å². The molecule has 0 saturated heterocycles. The summed E-state index contributed by atoms with van der Waals surface area (Å²) in [4.78, 5) is 40.0. The summed E-state index contributed by atoms with van der Waals surface area (Å²) in [6.07, 6.45) is 0.368. The van der Waals surface area contributed by atoms with Crippen molar-refractivity contribution in [2.24, 2.45) is 22.7 Å². The van der Waals surface area contributed by atoms with Crippen molar-refractivity contribution in [1.82, 2.24) is 0 Å². The quantitative estimate of drug-likeness (QED) is 0.438. The molecule has 1 aromatic rings. The maximum absolute atomic E-state index is 14.0. The van der Waals surface area contributed by atoms with Crippen molar-refractivity contribution in [3.63, 3.8) is 0 Å². The van der Waals surface area contributed by atoms with E-state index in [1.54, 1.807) is 19.9 Å². The average molecular weight is 497 g/mol. The molecule has 0 spiro atoms. The summed E-state index contributed by atoms with van der Waals surface area (Å²) in [5.74, 6) is -4.96. The zero-order valence-electron chi connectivity index (χ0n) is 22.2. The summed E-state index contributed by atoms with van der Waals surface area (Å²) < 4.78 is 0. The highest BCUT2D eigenvalue weighted by molar-refractivity contribution is 6.25. The van der Waals surface area contributed by atoms with Crippen LogP contribution in [0.4, 0.5) is 0 Å². The Morgan fingerprint density at radius 2 is 1.67 bits per heavy atom. The van der Waals surface area contributed by atoms with E-state index in [1.807, 2.05) is 40.7 Å². The number of aromatic hydroxyl groups is 1. The highest BCUT2D eigenvalue weighted by Gasteiger charge is 2.71. The first-order chi connectivity index (χ1) is 16.3. The fourth-order valence-electron chi connectivity index (χ4n) is 7.33. The van der Waals surface area contributed by atoms with Crippen molar-refractivity contribution in [2.75, 3.05) is 0 Å². The number of fused-ring (bicyclic) bond motifs is 3. The van der Waals surface area contributed by atoms with E-state index in [4.69, 9.17) is 0 Å². The highest BCUT2D eigenvalue weighted by atomic mass is 16.3. The van der Waals surface area contributed by atoms with Gasteiger partial charge in [0.25, 0.3) is 0 Å². The predicted molar refractivity (Wildman–Crippen MR) is 134 cm³/mol. The number of phenols is 1. The first kappa shape index (κ1) is 26.1. The highest BCUT2D eigenvalue weighted by Crippen LogP contribution is 2.65. The van der Waals surface area contributed by atoms with Crippen molar-refractivity contribution < 1.29 is 34.8 Å². The Labute approximate surface area is 211 Å². The molecule has 4 rings (SSSR count). The van der Waals surface area contributed by atoms with Gasteiger partial charge < -0.3 is 20.4 Å². The SMILES string of the molecule is CC(=O)C1=C(O)C(C(C)C)[C@@]2(C)C[C@@]3(C)Cc4ccc(C(C)(C)C)c(O)c4C(=O)C3=C(O)[C@@]2(O)C1=O. The molecule has 0 saturated carbocycles. The summed E-state index contributed by atoms with van der Waals surface area (Å²) in [6.45, 7) is 13.9. The van der Waals surface area contributed by atoms with Gasteiger partial charge in [-0.2, -0.15) is 0 Å². The topological polar surface area (TPSA) is 132 Å². The molecule has 0 heterocycles. The van der Waals surface area contributed by atoms with E-state index >= 15 is 0 Å². The van der Waals surface area contributed by atoms with Crippen LogP contribution in [0.1, 0.15) is 83.3 Å². The van der Waals surface area contributed by atoms with Crippen LogP contribution in [0.15, 0.2) is 34.8 Å². The van der Waals surface area contributed by atoms with Crippen LogP contribution >= 0.6 is 0 Å². The minimum absolute atomic E-state index is 0.0579. The van der Waals surface area contributed by atoms with Crippen LogP contribution in [0.2, 0.25) is 0 Å². The van der Waals surface area contributed by atoms with Gasteiger partial charge >= 0.3 is 0 Å². The lowest BCUT2D eigenvalue weighted by atomic mass is 9.44. The second kappa shape index (κ2) is 7.54. The Bertz CT molecular complexity index is 1290. The summed E-state index contributed by atoms with van der Waals surface area (Å²) in [6, 6.07) is 3.61. The molecule has 0 aliphatic heterocycles. The van der Waals surface area contributed by atoms with Gasteiger partial charge in [0.05, 0.1) is 5.56 Å². The predicted octanol–water partition coefficient (Wildman–Crippen LogP) is 4.64. The standard InChI is InChI=1S/C29H36O7/c1-13(2)19-22(32)17(14(3)30)24(34)29(36)25(35)20-23(33)18-15(11-27(20,7)12-28(19,29)8)9-10-16(21(18)31)26(4,5)6/h9-10,13,19,31-32,35-36H,11-12H2,1-8H3/t19?,27-,28-,29+/m1/s1. The third kappa shape index (κ3) is 3.04. The number of carbonyl (C=O) groups excluding carboxylic acids is 3. The molecule has 0 fully saturated rings. The van der Waals surface area contributed by atoms with Crippen LogP contribution in [0.5, 0.6) is 5.75 Å². The number of aliphatic hydroxyl groups is 3. The maximum Gasteiger partial charge on any atom is 0.209 e. The van der Waals surface area contributed by atoms with Gasteiger partial charge in [0, 0.05) is 27.9 Å². The van der Waals surface area contributed by atoms with E-state index in [9.17, 15) is 34.8 Å². The number of hydrogen-bond acceptors (Lipinski definition) is 7. The molecule has 0 bridgehead atoms. The van der Waals surface area contributed by atoms with Gasteiger partial charge in [-0.15, -0.1) is 0 Å². The normalized spacial score (nSPS) is 32.4. The third-order valence-electron chi connectivity index (χ3n) is 8.69. The molecule has 1 aromatic carbocycles. The van der Waals surface area contributed by atoms with Crippen LogP contribution in [-0.4, -0.2) is 43.4 Å². The maximum atomic E-state index is 14.0. The molecule has 0 radical (unpaired) electrons. The van der Waals surface area contributed by atoms with Gasteiger partial charge in [-0.1, -0.05) is 60.6 Å². The minimum atomic E-state index is -2.59. The van der Waals surface area contributed by atoms with Crippen molar-refractivity contribution in [2.45, 2.75) is 79.2 Å². The number of phenolic OH excluding ortho intramolecular Hbond substituents is 1. The largest absolute Gasteiger partial charge is 0.511 e. The van der Waals surface area contributed by atoms with Gasteiger partial charge in [0.15, 0.2) is 17.2 Å². The van der Waals surface area contributed by atoms with Crippen molar-refractivity contribution in [3.05, 3.63) is 51.5 Å². The molecule has 36 heavy (non-hydrogen) atoms. The first-order valence-corrected chi connectivity index (χ1v) is 12.4.